The van der Waals surface area contributed by atoms with E-state index in [0.717, 1.165) is 50.1 Å². The Morgan fingerprint density at radius 3 is 1.94 bits per heavy atom. The van der Waals surface area contributed by atoms with Crippen LogP contribution in [-0.4, -0.2) is 72.3 Å². The van der Waals surface area contributed by atoms with E-state index in [0.29, 0.717) is 25.2 Å². The van der Waals surface area contributed by atoms with Crippen molar-refractivity contribution in [2.75, 3.05) is 45.8 Å². The molecule has 0 spiro atoms. The van der Waals surface area contributed by atoms with Crippen LogP contribution < -0.4 is 0 Å². The van der Waals surface area contributed by atoms with E-state index in [2.05, 4.69) is 16.7 Å². The average molecular weight is 416 g/mol. The Labute approximate surface area is 184 Å². The van der Waals surface area contributed by atoms with Gasteiger partial charge in [0.2, 0.25) is 5.91 Å². The summed E-state index contributed by atoms with van der Waals surface area (Å²) in [6.45, 7) is 5.05. The molecular formula is C26H29N3O2. The van der Waals surface area contributed by atoms with Crippen LogP contribution in [0.25, 0.3) is 0 Å². The summed E-state index contributed by atoms with van der Waals surface area (Å²) in [5.74, 6) is 6.55. The number of amides is 2. The van der Waals surface area contributed by atoms with Gasteiger partial charge in [-0.2, -0.15) is 0 Å². The number of hydrogen-bond donors (Lipinski definition) is 0. The maximum Gasteiger partial charge on any atom is 0.253 e. The second-order valence-electron chi connectivity index (χ2n) is 8.20. The molecule has 5 nitrogen and oxygen atoms in total. The van der Waals surface area contributed by atoms with Crippen LogP contribution in [0.4, 0.5) is 0 Å². The predicted molar refractivity (Wildman–Crippen MR) is 122 cm³/mol. The second kappa shape index (κ2) is 10.3. The normalized spacial score (nSPS) is 17.0. The van der Waals surface area contributed by atoms with Gasteiger partial charge in [0, 0.05) is 56.0 Å². The highest BCUT2D eigenvalue weighted by Gasteiger charge is 2.25. The van der Waals surface area contributed by atoms with Crippen LogP contribution in [-0.2, 0) is 4.79 Å². The standard InChI is InChI=1S/C26H29N3O2/c30-25(28-15-5-2-6-16-28)21-27-17-19-29(20-18-27)26(31)24-13-11-23(12-14-24)10-9-22-7-3-1-4-8-22/h1,3-4,7-8,11-14H,2,5-6,15-21H2. The third-order valence-electron chi connectivity index (χ3n) is 5.98. The van der Waals surface area contributed by atoms with Crippen molar-refractivity contribution >= 4 is 11.8 Å². The molecule has 0 bridgehead atoms. The van der Waals surface area contributed by atoms with Crippen LogP contribution in [0.1, 0.15) is 40.7 Å². The van der Waals surface area contributed by atoms with Gasteiger partial charge in [0.05, 0.1) is 6.54 Å². The zero-order chi connectivity index (χ0) is 21.5. The molecule has 4 rings (SSSR count). The smallest absolute Gasteiger partial charge is 0.253 e. The van der Waals surface area contributed by atoms with Gasteiger partial charge in [-0.15, -0.1) is 0 Å². The van der Waals surface area contributed by atoms with E-state index in [4.69, 9.17) is 0 Å². The van der Waals surface area contributed by atoms with Gasteiger partial charge >= 0.3 is 0 Å². The van der Waals surface area contributed by atoms with E-state index in [1.807, 2.05) is 64.4 Å². The summed E-state index contributed by atoms with van der Waals surface area (Å²) in [5, 5.41) is 0. The maximum atomic E-state index is 12.9. The van der Waals surface area contributed by atoms with Gasteiger partial charge in [-0.05, 0) is 55.7 Å². The molecule has 0 radical (unpaired) electrons. The van der Waals surface area contributed by atoms with E-state index < -0.39 is 0 Å². The van der Waals surface area contributed by atoms with Crippen molar-refractivity contribution in [3.05, 3.63) is 71.3 Å². The Hall–Kier alpha value is -3.10. The SMILES string of the molecule is O=C(CN1CCN(C(=O)c2ccc(C#Cc3ccccc3)cc2)CC1)N1CCCCC1. The summed E-state index contributed by atoms with van der Waals surface area (Å²) in [6, 6.07) is 17.4. The maximum absolute atomic E-state index is 12.9. The third kappa shape index (κ3) is 5.74. The number of likely N-dealkylation sites (tertiary alicyclic amines) is 1. The molecule has 2 aliphatic rings. The lowest BCUT2D eigenvalue weighted by Gasteiger charge is -2.36. The molecular weight excluding hydrogens is 386 g/mol. The van der Waals surface area contributed by atoms with E-state index >= 15 is 0 Å². The van der Waals surface area contributed by atoms with Gasteiger partial charge in [0.1, 0.15) is 0 Å². The largest absolute Gasteiger partial charge is 0.342 e. The van der Waals surface area contributed by atoms with Gasteiger partial charge in [0.25, 0.3) is 5.91 Å². The zero-order valence-electron chi connectivity index (χ0n) is 17.9. The lowest BCUT2D eigenvalue weighted by Crippen LogP contribution is -2.52. The van der Waals surface area contributed by atoms with Crippen molar-refractivity contribution in [2.24, 2.45) is 0 Å². The number of nitrogens with zero attached hydrogens (tertiary/aromatic N) is 3. The lowest BCUT2D eigenvalue weighted by atomic mass is 10.1. The summed E-state index contributed by atoms with van der Waals surface area (Å²) >= 11 is 0. The minimum absolute atomic E-state index is 0.0459. The highest BCUT2D eigenvalue weighted by Crippen LogP contribution is 2.12. The first-order valence-corrected chi connectivity index (χ1v) is 11.2. The van der Waals surface area contributed by atoms with Crippen molar-refractivity contribution in [1.82, 2.24) is 14.7 Å². The number of carbonyl (C=O) groups is 2. The zero-order valence-corrected chi connectivity index (χ0v) is 17.9. The number of piperidine rings is 1. The average Bonchev–Trinajstić information content (AvgIpc) is 2.84. The van der Waals surface area contributed by atoms with Crippen molar-refractivity contribution in [2.45, 2.75) is 19.3 Å². The number of hydrogen-bond acceptors (Lipinski definition) is 3. The quantitative estimate of drug-likeness (QED) is 0.724. The molecule has 0 aliphatic carbocycles. The minimum atomic E-state index is 0.0459. The molecule has 31 heavy (non-hydrogen) atoms. The van der Waals surface area contributed by atoms with Crippen LogP contribution in [0.2, 0.25) is 0 Å². The summed E-state index contributed by atoms with van der Waals surface area (Å²) in [4.78, 5) is 31.4. The fraction of sp³-hybridized carbons (Fsp3) is 0.385. The first kappa shape index (κ1) is 21.1. The van der Waals surface area contributed by atoms with Crippen LogP contribution >= 0.6 is 0 Å². The van der Waals surface area contributed by atoms with Crippen LogP contribution in [0.3, 0.4) is 0 Å². The van der Waals surface area contributed by atoms with Crippen molar-refractivity contribution in [3.63, 3.8) is 0 Å². The predicted octanol–water partition coefficient (Wildman–Crippen LogP) is 2.86. The number of carbonyl (C=O) groups excluding carboxylic acids is 2. The summed E-state index contributed by atoms with van der Waals surface area (Å²) in [7, 11) is 0. The molecule has 0 unspecified atom stereocenters. The molecule has 2 aromatic carbocycles. The summed E-state index contributed by atoms with van der Waals surface area (Å²) in [5.41, 5.74) is 2.55. The van der Waals surface area contributed by atoms with E-state index in [-0.39, 0.29) is 11.8 Å². The first-order chi connectivity index (χ1) is 15.2. The molecule has 2 saturated heterocycles. The van der Waals surface area contributed by atoms with Gasteiger partial charge in [-0.3, -0.25) is 14.5 Å². The molecule has 160 valence electrons. The van der Waals surface area contributed by atoms with Gasteiger partial charge in [-0.25, -0.2) is 0 Å². The molecule has 2 aromatic rings. The molecule has 0 N–H and O–H groups in total. The molecule has 2 aliphatic heterocycles. The van der Waals surface area contributed by atoms with E-state index in [1.165, 1.54) is 6.42 Å². The monoisotopic (exact) mass is 415 g/mol. The van der Waals surface area contributed by atoms with Crippen LogP contribution in [0.5, 0.6) is 0 Å². The lowest BCUT2D eigenvalue weighted by molar-refractivity contribution is -0.133. The molecule has 2 fully saturated rings. The van der Waals surface area contributed by atoms with Gasteiger partial charge in [0.15, 0.2) is 0 Å². The highest BCUT2D eigenvalue weighted by molar-refractivity contribution is 5.94. The Bertz CT molecular complexity index is 946. The fourth-order valence-corrected chi connectivity index (χ4v) is 4.09. The highest BCUT2D eigenvalue weighted by atomic mass is 16.2. The molecule has 5 heteroatoms. The second-order valence-corrected chi connectivity index (χ2v) is 8.20. The molecule has 0 saturated carbocycles. The Morgan fingerprint density at radius 1 is 0.677 bits per heavy atom. The summed E-state index contributed by atoms with van der Waals surface area (Å²) < 4.78 is 0. The fourth-order valence-electron chi connectivity index (χ4n) is 4.09. The van der Waals surface area contributed by atoms with Gasteiger partial charge < -0.3 is 9.80 Å². The molecule has 2 heterocycles. The van der Waals surface area contributed by atoms with Crippen LogP contribution in [0.15, 0.2) is 54.6 Å². The Balaban J connectivity index is 1.27. The molecule has 0 aromatic heterocycles. The molecule has 0 atom stereocenters. The van der Waals surface area contributed by atoms with E-state index in [9.17, 15) is 9.59 Å². The first-order valence-electron chi connectivity index (χ1n) is 11.2. The van der Waals surface area contributed by atoms with Crippen LogP contribution in [0, 0.1) is 11.8 Å². The topological polar surface area (TPSA) is 43.9 Å². The minimum Gasteiger partial charge on any atom is -0.342 e. The Morgan fingerprint density at radius 2 is 1.29 bits per heavy atom. The summed E-state index contributed by atoms with van der Waals surface area (Å²) in [6.07, 6.45) is 3.46. The van der Waals surface area contributed by atoms with E-state index in [1.54, 1.807) is 0 Å². The Kier molecular flexibility index (Phi) is 7.01. The third-order valence-corrected chi connectivity index (χ3v) is 5.98. The number of piperazine rings is 1. The van der Waals surface area contributed by atoms with Crippen molar-refractivity contribution < 1.29 is 9.59 Å². The number of benzene rings is 2. The van der Waals surface area contributed by atoms with Crippen molar-refractivity contribution in [1.29, 1.82) is 0 Å². The molecule has 2 amide bonds. The van der Waals surface area contributed by atoms with Crippen molar-refractivity contribution in [3.8, 4) is 11.8 Å². The van der Waals surface area contributed by atoms with Gasteiger partial charge in [-0.1, -0.05) is 30.0 Å². The number of rotatable bonds is 3.